The summed E-state index contributed by atoms with van der Waals surface area (Å²) < 4.78 is 5.34. The molecule has 0 saturated heterocycles. The van der Waals surface area contributed by atoms with E-state index in [1.54, 1.807) is 17.8 Å². The number of hydrogen-bond donors (Lipinski definition) is 1. The highest BCUT2D eigenvalue weighted by atomic mass is 32.1. The van der Waals surface area contributed by atoms with Gasteiger partial charge >= 0.3 is 0 Å². The number of hydrogen-bond acceptors (Lipinski definition) is 5. The topological polar surface area (TPSA) is 69.6 Å². The molecule has 0 bridgehead atoms. The standard InChI is InChI=1S/C6H7N5S/c1-11-6(7)2-4(9-11)5-3-12-10-8-5/h2-3H,7H2,1H3. The van der Waals surface area contributed by atoms with Crippen LogP contribution in [0.2, 0.25) is 0 Å². The van der Waals surface area contributed by atoms with E-state index in [1.165, 1.54) is 11.5 Å². The highest BCUT2D eigenvalue weighted by molar-refractivity contribution is 7.03. The summed E-state index contributed by atoms with van der Waals surface area (Å²) >= 11 is 1.30. The van der Waals surface area contributed by atoms with Crippen LogP contribution in [0, 0.1) is 0 Å². The minimum atomic E-state index is 0.623. The van der Waals surface area contributed by atoms with Gasteiger partial charge in [-0.1, -0.05) is 4.49 Å². The minimum Gasteiger partial charge on any atom is -0.384 e. The highest BCUT2D eigenvalue weighted by Gasteiger charge is 2.06. The molecule has 2 rings (SSSR count). The van der Waals surface area contributed by atoms with Crippen molar-refractivity contribution in [1.82, 2.24) is 19.4 Å². The van der Waals surface area contributed by atoms with Gasteiger partial charge in [-0.05, 0) is 11.5 Å². The van der Waals surface area contributed by atoms with Crippen LogP contribution in [0.1, 0.15) is 0 Å². The second-order valence-electron chi connectivity index (χ2n) is 2.37. The number of nitrogens with two attached hydrogens (primary N) is 1. The van der Waals surface area contributed by atoms with E-state index in [-0.39, 0.29) is 0 Å². The lowest BCUT2D eigenvalue weighted by Crippen LogP contribution is -1.96. The molecule has 0 aliphatic heterocycles. The average Bonchev–Trinajstić information content (AvgIpc) is 2.61. The van der Waals surface area contributed by atoms with Gasteiger partial charge in [-0.15, -0.1) is 5.10 Å². The Bertz CT molecular complexity index is 357. The van der Waals surface area contributed by atoms with Gasteiger partial charge in [-0.3, -0.25) is 4.68 Å². The van der Waals surface area contributed by atoms with Gasteiger partial charge in [0.1, 0.15) is 17.2 Å². The van der Waals surface area contributed by atoms with Crippen LogP contribution in [0.5, 0.6) is 0 Å². The van der Waals surface area contributed by atoms with Gasteiger partial charge in [0.25, 0.3) is 0 Å². The first-order valence-electron chi connectivity index (χ1n) is 3.34. The summed E-state index contributed by atoms with van der Waals surface area (Å²) in [5.41, 5.74) is 7.14. The fourth-order valence-electron chi connectivity index (χ4n) is 0.883. The van der Waals surface area contributed by atoms with E-state index in [1.807, 2.05) is 5.38 Å². The molecule has 6 heteroatoms. The first-order chi connectivity index (χ1) is 5.77. The zero-order chi connectivity index (χ0) is 8.55. The summed E-state index contributed by atoms with van der Waals surface area (Å²) in [5.74, 6) is 0.623. The SMILES string of the molecule is Cn1nc(-c2csnn2)cc1N. The number of nitrogens with zero attached hydrogens (tertiary/aromatic N) is 4. The number of anilines is 1. The van der Waals surface area contributed by atoms with Gasteiger partial charge < -0.3 is 5.73 Å². The molecule has 62 valence electrons. The molecule has 0 atom stereocenters. The molecule has 0 unspecified atom stereocenters. The van der Waals surface area contributed by atoms with Gasteiger partial charge in [-0.25, -0.2) is 0 Å². The first kappa shape index (κ1) is 7.23. The van der Waals surface area contributed by atoms with Crippen molar-refractivity contribution >= 4 is 17.4 Å². The highest BCUT2D eigenvalue weighted by Crippen LogP contribution is 2.17. The molecule has 2 aromatic rings. The molecule has 2 N–H and O–H groups in total. The third-order valence-corrected chi connectivity index (χ3v) is 2.04. The van der Waals surface area contributed by atoms with E-state index in [4.69, 9.17) is 5.73 Å². The summed E-state index contributed by atoms with van der Waals surface area (Å²) in [5, 5.41) is 9.86. The minimum absolute atomic E-state index is 0.623. The molecule has 0 aliphatic rings. The van der Waals surface area contributed by atoms with E-state index in [2.05, 4.69) is 14.7 Å². The van der Waals surface area contributed by atoms with Gasteiger partial charge in [0.05, 0.1) is 0 Å². The molecule has 0 saturated carbocycles. The van der Waals surface area contributed by atoms with Crippen molar-refractivity contribution in [2.24, 2.45) is 7.05 Å². The fourth-order valence-corrected chi connectivity index (χ4v) is 1.33. The van der Waals surface area contributed by atoms with E-state index in [9.17, 15) is 0 Å². The van der Waals surface area contributed by atoms with Crippen LogP contribution in [-0.4, -0.2) is 19.4 Å². The molecule has 0 aliphatic carbocycles. The van der Waals surface area contributed by atoms with Crippen molar-refractivity contribution in [3.63, 3.8) is 0 Å². The van der Waals surface area contributed by atoms with Crippen LogP contribution in [0.15, 0.2) is 11.4 Å². The third-order valence-electron chi connectivity index (χ3n) is 1.54. The average molecular weight is 181 g/mol. The Labute approximate surface area is 73.0 Å². The van der Waals surface area contributed by atoms with Crippen molar-refractivity contribution in [2.75, 3.05) is 5.73 Å². The molecule has 2 heterocycles. The molecule has 5 nitrogen and oxygen atoms in total. The Morgan fingerprint density at radius 1 is 1.50 bits per heavy atom. The molecular formula is C6H7N5S. The second-order valence-corrected chi connectivity index (χ2v) is 2.98. The molecule has 0 aromatic carbocycles. The predicted octanol–water partition coefficient (Wildman–Crippen LogP) is 0.521. The van der Waals surface area contributed by atoms with Crippen LogP contribution in [0.3, 0.4) is 0 Å². The summed E-state index contributed by atoms with van der Waals surface area (Å²) in [4.78, 5) is 0. The van der Waals surface area contributed by atoms with Crippen molar-refractivity contribution in [1.29, 1.82) is 0 Å². The molecule has 2 aromatic heterocycles. The van der Waals surface area contributed by atoms with Crippen molar-refractivity contribution in [3.05, 3.63) is 11.4 Å². The number of rotatable bonds is 1. The summed E-state index contributed by atoms with van der Waals surface area (Å²) in [6.45, 7) is 0. The van der Waals surface area contributed by atoms with E-state index >= 15 is 0 Å². The molecule has 0 radical (unpaired) electrons. The Morgan fingerprint density at radius 3 is 2.83 bits per heavy atom. The number of aromatic nitrogens is 4. The van der Waals surface area contributed by atoms with Gasteiger partial charge in [0, 0.05) is 18.5 Å². The molecule has 0 amide bonds. The Kier molecular flexibility index (Phi) is 1.54. The number of aryl methyl sites for hydroxylation is 1. The lowest BCUT2D eigenvalue weighted by Gasteiger charge is -1.88. The van der Waals surface area contributed by atoms with Crippen molar-refractivity contribution in [2.45, 2.75) is 0 Å². The third kappa shape index (κ3) is 1.06. The smallest absolute Gasteiger partial charge is 0.126 e. The van der Waals surface area contributed by atoms with Crippen LogP contribution < -0.4 is 5.73 Å². The zero-order valence-electron chi connectivity index (χ0n) is 6.43. The Morgan fingerprint density at radius 2 is 2.33 bits per heavy atom. The molecular weight excluding hydrogens is 174 g/mol. The molecule has 12 heavy (non-hydrogen) atoms. The normalized spacial score (nSPS) is 10.4. The summed E-state index contributed by atoms with van der Waals surface area (Å²) in [6, 6.07) is 1.77. The zero-order valence-corrected chi connectivity index (χ0v) is 7.25. The largest absolute Gasteiger partial charge is 0.384 e. The first-order valence-corrected chi connectivity index (χ1v) is 4.18. The van der Waals surface area contributed by atoms with Gasteiger partial charge in [0.2, 0.25) is 0 Å². The quantitative estimate of drug-likeness (QED) is 0.696. The van der Waals surface area contributed by atoms with Crippen molar-refractivity contribution < 1.29 is 0 Å². The van der Waals surface area contributed by atoms with E-state index in [0.717, 1.165) is 11.4 Å². The molecule has 0 fully saturated rings. The lowest BCUT2D eigenvalue weighted by molar-refractivity contribution is 0.781. The summed E-state index contributed by atoms with van der Waals surface area (Å²) in [6.07, 6.45) is 0. The van der Waals surface area contributed by atoms with E-state index < -0.39 is 0 Å². The van der Waals surface area contributed by atoms with Gasteiger partial charge in [0.15, 0.2) is 0 Å². The van der Waals surface area contributed by atoms with E-state index in [0.29, 0.717) is 5.82 Å². The Hall–Kier alpha value is -1.43. The van der Waals surface area contributed by atoms with Crippen LogP contribution in [0.25, 0.3) is 11.4 Å². The molecule has 0 spiro atoms. The fraction of sp³-hybridized carbons (Fsp3) is 0.167. The van der Waals surface area contributed by atoms with Gasteiger partial charge in [-0.2, -0.15) is 5.10 Å². The summed E-state index contributed by atoms with van der Waals surface area (Å²) in [7, 11) is 1.79. The number of nitrogen functional groups attached to an aromatic ring is 1. The van der Waals surface area contributed by atoms with Crippen LogP contribution >= 0.6 is 11.5 Å². The maximum Gasteiger partial charge on any atom is 0.126 e. The maximum atomic E-state index is 5.60. The Balaban J connectivity index is 2.48. The van der Waals surface area contributed by atoms with Crippen molar-refractivity contribution in [3.8, 4) is 11.4 Å². The second kappa shape index (κ2) is 2.56. The van der Waals surface area contributed by atoms with Crippen LogP contribution in [-0.2, 0) is 7.05 Å². The monoisotopic (exact) mass is 181 g/mol. The maximum absolute atomic E-state index is 5.60. The van der Waals surface area contributed by atoms with Crippen LogP contribution in [0.4, 0.5) is 5.82 Å². The predicted molar refractivity (Wildman–Crippen MR) is 46.5 cm³/mol. The lowest BCUT2D eigenvalue weighted by atomic mass is 10.3.